The monoisotopic (exact) mass is 173 g/mol. The number of hydrogen-bond donors (Lipinski definition) is 0. The molecule has 0 unspecified atom stereocenters. The van der Waals surface area contributed by atoms with E-state index in [-0.39, 0.29) is 0 Å². The summed E-state index contributed by atoms with van der Waals surface area (Å²) >= 11 is 3.91. The second-order valence-corrected chi connectivity index (χ2v) is 4.85. The Kier molecular flexibility index (Phi) is 4.39. The maximum Gasteiger partial charge on any atom is 0.0585 e. The van der Waals surface area contributed by atoms with Gasteiger partial charge in [0.15, 0.2) is 0 Å². The van der Waals surface area contributed by atoms with E-state index in [1.54, 1.807) is 0 Å². The van der Waals surface area contributed by atoms with Gasteiger partial charge in [0.2, 0.25) is 0 Å². The summed E-state index contributed by atoms with van der Waals surface area (Å²) in [5.41, 5.74) is 0. The Balaban J connectivity index is 1.93. The first-order valence-corrected chi connectivity index (χ1v) is 5.57. The summed E-state index contributed by atoms with van der Waals surface area (Å²) in [6, 6.07) is 0. The molecular formula is C8H13S2. The summed E-state index contributed by atoms with van der Waals surface area (Å²) in [7, 11) is 0. The molecule has 0 bridgehead atoms. The van der Waals surface area contributed by atoms with Crippen molar-refractivity contribution in [3.8, 4) is 0 Å². The highest BCUT2D eigenvalue weighted by molar-refractivity contribution is 8.22. The van der Waals surface area contributed by atoms with E-state index in [1.807, 2.05) is 23.5 Å². The van der Waals surface area contributed by atoms with E-state index < -0.39 is 0 Å². The predicted octanol–water partition coefficient (Wildman–Crippen LogP) is 3.66. The molecule has 1 heterocycles. The summed E-state index contributed by atoms with van der Waals surface area (Å²) in [4.78, 5) is 0. The Hall–Kier alpha value is 0.440. The van der Waals surface area contributed by atoms with Gasteiger partial charge in [-0.05, 0) is 17.2 Å². The molecule has 0 saturated carbocycles. The molecule has 1 aliphatic rings. The predicted molar refractivity (Wildman–Crippen MR) is 51.9 cm³/mol. The molecule has 0 fully saturated rings. The Bertz CT molecular complexity index is 102. The normalized spacial score (nSPS) is 18.5. The van der Waals surface area contributed by atoms with Crippen molar-refractivity contribution in [2.75, 3.05) is 0 Å². The quantitative estimate of drug-likeness (QED) is 0.595. The second-order valence-electron chi connectivity index (χ2n) is 2.32. The SMILES string of the molecule is [CH2]CCCCC1SC=CS1. The van der Waals surface area contributed by atoms with E-state index in [4.69, 9.17) is 0 Å². The van der Waals surface area contributed by atoms with Gasteiger partial charge in [-0.2, -0.15) is 0 Å². The fourth-order valence-corrected chi connectivity index (χ4v) is 3.01. The number of unbranched alkanes of at least 4 members (excludes halogenated alkanes) is 2. The van der Waals surface area contributed by atoms with Crippen molar-refractivity contribution in [1.29, 1.82) is 0 Å². The second kappa shape index (κ2) is 5.14. The van der Waals surface area contributed by atoms with Crippen molar-refractivity contribution >= 4 is 23.5 Å². The lowest BCUT2D eigenvalue weighted by atomic mass is 10.2. The van der Waals surface area contributed by atoms with Gasteiger partial charge in [-0.1, -0.05) is 26.2 Å². The largest absolute Gasteiger partial charge is 0.119 e. The minimum Gasteiger partial charge on any atom is -0.119 e. The molecule has 0 aromatic rings. The first-order valence-electron chi connectivity index (χ1n) is 3.68. The molecule has 0 amide bonds. The zero-order valence-corrected chi connectivity index (χ0v) is 7.72. The molecule has 0 aliphatic carbocycles. The lowest BCUT2D eigenvalue weighted by Gasteiger charge is -2.05. The minimum atomic E-state index is 0.812. The zero-order valence-electron chi connectivity index (χ0n) is 6.08. The van der Waals surface area contributed by atoms with Crippen LogP contribution in [0.25, 0.3) is 0 Å². The molecule has 0 nitrogen and oxygen atoms in total. The molecule has 0 atom stereocenters. The van der Waals surface area contributed by atoms with Gasteiger partial charge < -0.3 is 0 Å². The Labute approximate surface area is 71.8 Å². The van der Waals surface area contributed by atoms with Crippen LogP contribution in [0, 0.1) is 6.92 Å². The van der Waals surface area contributed by atoms with Crippen LogP contribution in [-0.4, -0.2) is 4.58 Å². The highest BCUT2D eigenvalue weighted by Crippen LogP contribution is 2.36. The Morgan fingerprint density at radius 2 is 1.90 bits per heavy atom. The number of hydrogen-bond acceptors (Lipinski definition) is 2. The molecule has 1 rings (SSSR count). The van der Waals surface area contributed by atoms with Crippen LogP contribution in [-0.2, 0) is 0 Å². The van der Waals surface area contributed by atoms with Crippen molar-refractivity contribution in [2.45, 2.75) is 30.3 Å². The van der Waals surface area contributed by atoms with Gasteiger partial charge in [0.25, 0.3) is 0 Å². The summed E-state index contributed by atoms with van der Waals surface area (Å²) < 4.78 is 0.812. The van der Waals surface area contributed by atoms with Crippen LogP contribution in [0.5, 0.6) is 0 Å². The first-order chi connectivity index (χ1) is 4.93. The third-order valence-electron chi connectivity index (χ3n) is 1.46. The van der Waals surface area contributed by atoms with Gasteiger partial charge in [-0.15, -0.1) is 23.5 Å². The third kappa shape index (κ3) is 3.02. The fraction of sp³-hybridized carbons (Fsp3) is 0.625. The molecular weight excluding hydrogens is 160 g/mol. The zero-order chi connectivity index (χ0) is 7.23. The maximum atomic E-state index is 3.82. The Morgan fingerprint density at radius 3 is 2.50 bits per heavy atom. The van der Waals surface area contributed by atoms with Gasteiger partial charge in [0, 0.05) is 0 Å². The average molecular weight is 173 g/mol. The van der Waals surface area contributed by atoms with Gasteiger partial charge in [-0.3, -0.25) is 0 Å². The third-order valence-corrected chi connectivity index (χ3v) is 3.96. The molecule has 1 radical (unpaired) electrons. The fourth-order valence-electron chi connectivity index (χ4n) is 0.895. The molecule has 1 aliphatic heterocycles. The van der Waals surface area contributed by atoms with Crippen LogP contribution in [0.3, 0.4) is 0 Å². The highest BCUT2D eigenvalue weighted by atomic mass is 32.2. The molecule has 0 N–H and O–H groups in total. The highest BCUT2D eigenvalue weighted by Gasteiger charge is 2.09. The van der Waals surface area contributed by atoms with E-state index in [9.17, 15) is 0 Å². The van der Waals surface area contributed by atoms with Gasteiger partial charge in [0.05, 0.1) is 4.58 Å². The summed E-state index contributed by atoms with van der Waals surface area (Å²) in [5, 5.41) is 4.39. The van der Waals surface area contributed by atoms with Gasteiger partial charge in [0.1, 0.15) is 0 Å². The molecule has 0 spiro atoms. The minimum absolute atomic E-state index is 0.812. The Morgan fingerprint density at radius 1 is 1.20 bits per heavy atom. The average Bonchev–Trinajstić information content (AvgIpc) is 2.41. The van der Waals surface area contributed by atoms with Crippen LogP contribution in [0.1, 0.15) is 25.7 Å². The topological polar surface area (TPSA) is 0 Å². The number of thioether (sulfide) groups is 2. The molecule has 0 aromatic heterocycles. The van der Waals surface area contributed by atoms with E-state index in [0.29, 0.717) is 0 Å². The van der Waals surface area contributed by atoms with Crippen molar-refractivity contribution in [3.63, 3.8) is 0 Å². The number of rotatable bonds is 4. The van der Waals surface area contributed by atoms with Crippen LogP contribution in [0.4, 0.5) is 0 Å². The van der Waals surface area contributed by atoms with Crippen molar-refractivity contribution in [1.82, 2.24) is 0 Å². The smallest absolute Gasteiger partial charge is 0.0585 e. The summed E-state index contributed by atoms with van der Waals surface area (Å²) in [6.07, 6.45) is 5.07. The van der Waals surface area contributed by atoms with E-state index >= 15 is 0 Å². The van der Waals surface area contributed by atoms with Crippen LogP contribution in [0.2, 0.25) is 0 Å². The molecule has 10 heavy (non-hydrogen) atoms. The van der Waals surface area contributed by atoms with E-state index in [0.717, 1.165) is 11.0 Å². The molecule has 0 aromatic carbocycles. The maximum absolute atomic E-state index is 3.82. The molecule has 2 heteroatoms. The van der Waals surface area contributed by atoms with E-state index in [1.165, 1.54) is 19.3 Å². The standard InChI is InChI=1S/C8H13S2/c1-2-3-4-5-8-9-6-7-10-8/h6-8H,1-5H2. The van der Waals surface area contributed by atoms with Crippen molar-refractivity contribution < 1.29 is 0 Å². The summed E-state index contributed by atoms with van der Waals surface area (Å²) in [6.45, 7) is 3.82. The van der Waals surface area contributed by atoms with Crippen LogP contribution >= 0.6 is 23.5 Å². The van der Waals surface area contributed by atoms with Gasteiger partial charge in [-0.25, -0.2) is 0 Å². The van der Waals surface area contributed by atoms with Crippen LogP contribution < -0.4 is 0 Å². The van der Waals surface area contributed by atoms with Gasteiger partial charge >= 0.3 is 0 Å². The summed E-state index contributed by atoms with van der Waals surface area (Å²) in [5.74, 6) is 0. The van der Waals surface area contributed by atoms with Crippen molar-refractivity contribution in [2.24, 2.45) is 0 Å². The first kappa shape index (κ1) is 8.54. The van der Waals surface area contributed by atoms with Crippen LogP contribution in [0.15, 0.2) is 10.8 Å². The van der Waals surface area contributed by atoms with Crippen molar-refractivity contribution in [3.05, 3.63) is 17.7 Å². The lowest BCUT2D eigenvalue weighted by molar-refractivity contribution is 0.723. The molecule has 0 saturated heterocycles. The van der Waals surface area contributed by atoms with E-state index in [2.05, 4.69) is 17.7 Å². The lowest BCUT2D eigenvalue weighted by Crippen LogP contribution is -1.90. The molecule has 57 valence electrons.